The zero-order chi connectivity index (χ0) is 13.1. The Hall–Kier alpha value is -1.75. The molecule has 0 bridgehead atoms. The average molecular weight is 262 g/mol. The number of benzene rings is 1. The molecular formula is C13H14N2O2S. The van der Waals surface area contributed by atoms with Crippen LogP contribution in [-0.2, 0) is 0 Å². The summed E-state index contributed by atoms with van der Waals surface area (Å²) in [5.74, 6) is -0.959. The van der Waals surface area contributed by atoms with Crippen LogP contribution in [0.3, 0.4) is 0 Å². The normalized spacial score (nSPS) is 10.8. The molecule has 5 heteroatoms. The van der Waals surface area contributed by atoms with E-state index in [2.05, 4.69) is 5.10 Å². The predicted octanol–water partition coefficient (Wildman–Crippen LogP) is 3.07. The van der Waals surface area contributed by atoms with Gasteiger partial charge < -0.3 is 5.11 Å². The molecule has 2 aromatic rings. The Balaban J connectivity index is 2.49. The van der Waals surface area contributed by atoms with Crippen molar-refractivity contribution >= 4 is 17.7 Å². The molecule has 0 saturated heterocycles. The summed E-state index contributed by atoms with van der Waals surface area (Å²) >= 11 is 1.50. The summed E-state index contributed by atoms with van der Waals surface area (Å²) in [6, 6.07) is 9.28. The number of carboxylic acids is 1. The van der Waals surface area contributed by atoms with Crippen molar-refractivity contribution < 1.29 is 9.90 Å². The number of hydrogen-bond donors (Lipinski definition) is 1. The molecule has 0 fully saturated rings. The fourth-order valence-corrected chi connectivity index (χ4v) is 2.54. The van der Waals surface area contributed by atoms with Crippen molar-refractivity contribution in [3.05, 3.63) is 42.2 Å². The van der Waals surface area contributed by atoms with Crippen molar-refractivity contribution in [3.63, 3.8) is 0 Å². The first-order valence-electron chi connectivity index (χ1n) is 5.63. The number of aromatic nitrogens is 2. The van der Waals surface area contributed by atoms with Crippen LogP contribution >= 0.6 is 11.8 Å². The van der Waals surface area contributed by atoms with Crippen molar-refractivity contribution in [2.75, 3.05) is 0 Å². The number of hydrogen-bond acceptors (Lipinski definition) is 3. The van der Waals surface area contributed by atoms with E-state index in [9.17, 15) is 9.90 Å². The van der Waals surface area contributed by atoms with E-state index in [0.717, 1.165) is 5.69 Å². The Morgan fingerprint density at radius 3 is 2.56 bits per heavy atom. The average Bonchev–Trinajstić information content (AvgIpc) is 2.73. The van der Waals surface area contributed by atoms with Crippen molar-refractivity contribution in [2.24, 2.45) is 0 Å². The molecule has 1 N–H and O–H groups in total. The summed E-state index contributed by atoms with van der Waals surface area (Å²) in [5.41, 5.74) is 0.977. The van der Waals surface area contributed by atoms with Crippen molar-refractivity contribution in [2.45, 2.75) is 24.0 Å². The number of carbonyl (C=O) groups is 1. The van der Waals surface area contributed by atoms with Gasteiger partial charge in [-0.3, -0.25) is 0 Å². The van der Waals surface area contributed by atoms with Crippen LogP contribution < -0.4 is 0 Å². The van der Waals surface area contributed by atoms with Crippen LogP contribution in [0.4, 0.5) is 0 Å². The second-order valence-electron chi connectivity index (χ2n) is 4.08. The molecule has 0 aliphatic carbocycles. The fourth-order valence-electron chi connectivity index (χ4n) is 1.63. The fraction of sp³-hybridized carbons (Fsp3) is 0.231. The van der Waals surface area contributed by atoms with Crippen molar-refractivity contribution in [1.82, 2.24) is 9.78 Å². The van der Waals surface area contributed by atoms with Gasteiger partial charge in [0.15, 0.2) is 5.69 Å². The van der Waals surface area contributed by atoms with E-state index >= 15 is 0 Å². The summed E-state index contributed by atoms with van der Waals surface area (Å²) in [7, 11) is 0. The molecule has 2 rings (SSSR count). The van der Waals surface area contributed by atoms with Gasteiger partial charge in [-0.1, -0.05) is 32.0 Å². The summed E-state index contributed by atoms with van der Waals surface area (Å²) in [4.78, 5) is 12.1. The van der Waals surface area contributed by atoms with Crippen LogP contribution in [0.1, 0.15) is 24.3 Å². The Kier molecular flexibility index (Phi) is 3.72. The van der Waals surface area contributed by atoms with Crippen molar-refractivity contribution in [3.8, 4) is 5.69 Å². The highest BCUT2D eigenvalue weighted by Crippen LogP contribution is 2.28. The quantitative estimate of drug-likeness (QED) is 0.860. The first kappa shape index (κ1) is 12.7. The molecule has 1 aromatic heterocycles. The van der Waals surface area contributed by atoms with E-state index in [0.29, 0.717) is 10.1 Å². The van der Waals surface area contributed by atoms with Crippen LogP contribution in [0.15, 0.2) is 41.4 Å². The van der Waals surface area contributed by atoms with E-state index in [1.54, 1.807) is 6.20 Å². The zero-order valence-corrected chi connectivity index (χ0v) is 11.0. The second-order valence-corrected chi connectivity index (χ2v) is 5.69. The summed E-state index contributed by atoms with van der Waals surface area (Å²) in [5, 5.41) is 13.8. The zero-order valence-electron chi connectivity index (χ0n) is 10.2. The maximum absolute atomic E-state index is 11.4. The lowest BCUT2D eigenvalue weighted by Crippen LogP contribution is -2.09. The summed E-state index contributed by atoms with van der Waals surface area (Å²) in [6.45, 7) is 4.05. The summed E-state index contributed by atoms with van der Waals surface area (Å²) in [6.07, 6.45) is 1.61. The minimum absolute atomic E-state index is 0.222. The minimum Gasteiger partial charge on any atom is -0.476 e. The number of aromatic carboxylic acids is 1. The third kappa shape index (κ3) is 2.56. The highest BCUT2D eigenvalue weighted by molar-refractivity contribution is 8.00. The molecule has 1 heterocycles. The number of carboxylic acid groups (broad SMARTS) is 1. The molecule has 0 aliphatic rings. The first-order valence-corrected chi connectivity index (χ1v) is 6.51. The Morgan fingerprint density at radius 2 is 2.00 bits per heavy atom. The highest BCUT2D eigenvalue weighted by atomic mass is 32.2. The van der Waals surface area contributed by atoms with Gasteiger partial charge >= 0.3 is 5.97 Å². The van der Waals surface area contributed by atoms with E-state index in [1.165, 1.54) is 16.4 Å². The van der Waals surface area contributed by atoms with Gasteiger partial charge in [-0.15, -0.1) is 11.8 Å². The third-order valence-electron chi connectivity index (χ3n) is 2.30. The maximum Gasteiger partial charge on any atom is 0.355 e. The Morgan fingerprint density at radius 1 is 1.33 bits per heavy atom. The molecule has 0 aliphatic heterocycles. The molecular weight excluding hydrogens is 248 g/mol. The number of para-hydroxylation sites is 1. The largest absolute Gasteiger partial charge is 0.476 e. The number of rotatable bonds is 4. The highest BCUT2D eigenvalue weighted by Gasteiger charge is 2.19. The molecule has 0 radical (unpaired) electrons. The van der Waals surface area contributed by atoms with Crippen LogP contribution in [0, 0.1) is 0 Å². The SMILES string of the molecule is CC(C)Sc1cnn(-c2ccccc2)c1C(=O)O. The van der Waals surface area contributed by atoms with Crippen LogP contribution in [0.25, 0.3) is 5.69 Å². The Labute approximate surface area is 110 Å². The lowest BCUT2D eigenvalue weighted by molar-refractivity contribution is 0.0683. The van der Waals surface area contributed by atoms with Gasteiger partial charge in [0.05, 0.1) is 16.8 Å². The van der Waals surface area contributed by atoms with Gasteiger partial charge in [0.2, 0.25) is 0 Å². The second kappa shape index (κ2) is 5.27. The first-order chi connectivity index (χ1) is 8.59. The topological polar surface area (TPSA) is 55.1 Å². The van der Waals surface area contributed by atoms with Crippen LogP contribution in [0.5, 0.6) is 0 Å². The molecule has 0 unspecified atom stereocenters. The molecule has 0 saturated carbocycles. The molecule has 0 atom stereocenters. The standard InChI is InChI=1S/C13H14N2O2S/c1-9(2)18-11-8-14-15(12(11)13(16)17)10-6-4-3-5-7-10/h3-9H,1-2H3,(H,16,17). The third-order valence-corrected chi connectivity index (χ3v) is 3.33. The van der Waals surface area contributed by atoms with E-state index in [1.807, 2.05) is 44.2 Å². The Bertz CT molecular complexity index is 549. The molecule has 0 amide bonds. The van der Waals surface area contributed by atoms with Gasteiger partial charge in [-0.2, -0.15) is 5.10 Å². The van der Waals surface area contributed by atoms with Gasteiger partial charge in [-0.05, 0) is 12.1 Å². The monoisotopic (exact) mass is 262 g/mol. The van der Waals surface area contributed by atoms with Crippen molar-refractivity contribution in [1.29, 1.82) is 0 Å². The number of thioether (sulfide) groups is 1. The van der Waals surface area contributed by atoms with Gasteiger partial charge in [-0.25, -0.2) is 9.48 Å². The molecule has 0 spiro atoms. The lowest BCUT2D eigenvalue weighted by Gasteiger charge is -2.06. The van der Waals surface area contributed by atoms with Gasteiger partial charge in [0.1, 0.15) is 0 Å². The molecule has 18 heavy (non-hydrogen) atoms. The van der Waals surface area contributed by atoms with Crippen LogP contribution in [-0.4, -0.2) is 26.1 Å². The lowest BCUT2D eigenvalue weighted by atomic mass is 10.3. The summed E-state index contributed by atoms with van der Waals surface area (Å²) < 4.78 is 1.47. The van der Waals surface area contributed by atoms with E-state index in [-0.39, 0.29) is 5.69 Å². The predicted molar refractivity (Wildman–Crippen MR) is 71.5 cm³/mol. The van der Waals surface area contributed by atoms with Gasteiger partial charge in [0, 0.05) is 5.25 Å². The maximum atomic E-state index is 11.4. The van der Waals surface area contributed by atoms with Gasteiger partial charge in [0.25, 0.3) is 0 Å². The molecule has 94 valence electrons. The minimum atomic E-state index is -0.959. The molecule has 1 aromatic carbocycles. The number of nitrogens with zero attached hydrogens (tertiary/aromatic N) is 2. The van der Waals surface area contributed by atoms with E-state index in [4.69, 9.17) is 0 Å². The smallest absolute Gasteiger partial charge is 0.355 e. The molecule has 4 nitrogen and oxygen atoms in total. The van der Waals surface area contributed by atoms with Crippen LogP contribution in [0.2, 0.25) is 0 Å². The van der Waals surface area contributed by atoms with E-state index < -0.39 is 5.97 Å².